The summed E-state index contributed by atoms with van der Waals surface area (Å²) < 4.78 is 16.0. The topological polar surface area (TPSA) is 101 Å². The highest BCUT2D eigenvalue weighted by Gasteiger charge is 2.36. The van der Waals surface area contributed by atoms with Gasteiger partial charge >= 0.3 is 5.97 Å². The van der Waals surface area contributed by atoms with Crippen molar-refractivity contribution in [2.24, 2.45) is 5.10 Å². The number of esters is 1. The SMILES string of the molecule is C=CCOC(=O)C(C)(O)COc1ccc(N2C=NN3CC(c4ccc(Cl)cc4)C=C3C2=O)cc1OC. The lowest BCUT2D eigenvalue weighted by Gasteiger charge is -2.28. The number of ether oxygens (including phenoxy) is 3. The van der Waals surface area contributed by atoms with Gasteiger partial charge in [-0.15, -0.1) is 0 Å². The molecule has 0 aromatic heterocycles. The molecular weight excluding hydrogens is 486 g/mol. The predicted octanol–water partition coefficient (Wildman–Crippen LogP) is 3.48. The van der Waals surface area contributed by atoms with E-state index in [0.717, 1.165) is 5.56 Å². The van der Waals surface area contributed by atoms with E-state index in [1.54, 1.807) is 23.2 Å². The van der Waals surface area contributed by atoms with Crippen LogP contribution in [0.5, 0.6) is 11.5 Å². The molecule has 2 aromatic rings. The van der Waals surface area contributed by atoms with Crippen LogP contribution in [0.15, 0.2) is 72.0 Å². The summed E-state index contributed by atoms with van der Waals surface area (Å²) in [6, 6.07) is 12.4. The fourth-order valence-electron chi connectivity index (χ4n) is 3.78. The number of fused-ring (bicyclic) bond motifs is 1. The molecule has 1 N–H and O–H groups in total. The van der Waals surface area contributed by atoms with Crippen molar-refractivity contribution in [3.63, 3.8) is 0 Å². The summed E-state index contributed by atoms with van der Waals surface area (Å²) in [5.74, 6) is -0.464. The molecule has 2 heterocycles. The number of anilines is 1. The summed E-state index contributed by atoms with van der Waals surface area (Å²) in [7, 11) is 1.45. The first kappa shape index (κ1) is 25.3. The van der Waals surface area contributed by atoms with Crippen LogP contribution in [0.1, 0.15) is 18.4 Å². The molecule has 9 nitrogen and oxygen atoms in total. The van der Waals surface area contributed by atoms with Crippen molar-refractivity contribution in [2.75, 3.05) is 31.8 Å². The number of carbonyl (C=O) groups is 2. The van der Waals surface area contributed by atoms with Gasteiger partial charge in [-0.25, -0.2) is 4.79 Å². The second-order valence-electron chi connectivity index (χ2n) is 8.48. The highest BCUT2D eigenvalue weighted by molar-refractivity contribution is 6.30. The number of benzene rings is 2. The lowest BCUT2D eigenvalue weighted by molar-refractivity contribution is -0.165. The second-order valence-corrected chi connectivity index (χ2v) is 8.92. The van der Waals surface area contributed by atoms with Gasteiger partial charge in [0.1, 0.15) is 25.2 Å². The molecule has 0 aliphatic carbocycles. The van der Waals surface area contributed by atoms with Crippen molar-refractivity contribution < 1.29 is 28.9 Å². The van der Waals surface area contributed by atoms with Gasteiger partial charge in [0.25, 0.3) is 5.91 Å². The maximum absolute atomic E-state index is 13.3. The molecule has 0 saturated heterocycles. The number of amides is 1. The quantitative estimate of drug-likeness (QED) is 0.406. The van der Waals surface area contributed by atoms with Crippen LogP contribution in [-0.2, 0) is 14.3 Å². The van der Waals surface area contributed by atoms with E-state index in [1.807, 2.05) is 30.3 Å². The average molecular weight is 512 g/mol. The van der Waals surface area contributed by atoms with Crippen molar-refractivity contribution >= 4 is 35.5 Å². The molecule has 0 fully saturated rings. The number of aliphatic hydroxyl groups is 1. The van der Waals surface area contributed by atoms with Crippen LogP contribution in [-0.4, -0.2) is 60.8 Å². The molecule has 2 aliphatic heterocycles. The van der Waals surface area contributed by atoms with E-state index in [0.29, 0.717) is 28.7 Å². The number of nitrogens with zero attached hydrogens (tertiary/aromatic N) is 3. The molecule has 0 saturated carbocycles. The van der Waals surface area contributed by atoms with Gasteiger partial charge in [0.2, 0.25) is 0 Å². The third-order valence-corrected chi connectivity index (χ3v) is 6.01. The van der Waals surface area contributed by atoms with Gasteiger partial charge in [-0.3, -0.25) is 14.7 Å². The molecule has 10 heteroatoms. The van der Waals surface area contributed by atoms with Crippen molar-refractivity contribution in [1.29, 1.82) is 0 Å². The molecular formula is C26H26ClN3O6. The van der Waals surface area contributed by atoms with Crippen LogP contribution in [0.25, 0.3) is 0 Å². The van der Waals surface area contributed by atoms with Gasteiger partial charge in [0.15, 0.2) is 17.1 Å². The maximum Gasteiger partial charge on any atom is 0.341 e. The summed E-state index contributed by atoms with van der Waals surface area (Å²) in [6.45, 7) is 4.93. The molecule has 2 aromatic carbocycles. The van der Waals surface area contributed by atoms with E-state index in [4.69, 9.17) is 25.8 Å². The maximum atomic E-state index is 13.3. The minimum Gasteiger partial charge on any atom is -0.493 e. The van der Waals surface area contributed by atoms with Gasteiger partial charge in [-0.1, -0.05) is 36.4 Å². The van der Waals surface area contributed by atoms with Crippen molar-refractivity contribution in [3.05, 3.63) is 77.5 Å². The van der Waals surface area contributed by atoms with Crippen LogP contribution in [0.3, 0.4) is 0 Å². The molecule has 1 amide bonds. The molecule has 2 aliphatic rings. The normalized spacial score (nSPS) is 18.3. The molecule has 36 heavy (non-hydrogen) atoms. The Morgan fingerprint density at radius 2 is 2.03 bits per heavy atom. The molecule has 188 valence electrons. The van der Waals surface area contributed by atoms with E-state index in [2.05, 4.69) is 11.7 Å². The van der Waals surface area contributed by atoms with E-state index in [1.165, 1.54) is 31.3 Å². The first-order chi connectivity index (χ1) is 17.2. The molecule has 0 spiro atoms. The first-order valence-corrected chi connectivity index (χ1v) is 11.5. The van der Waals surface area contributed by atoms with E-state index in [-0.39, 0.29) is 30.8 Å². The van der Waals surface area contributed by atoms with E-state index >= 15 is 0 Å². The zero-order chi connectivity index (χ0) is 25.9. The predicted molar refractivity (Wildman–Crippen MR) is 135 cm³/mol. The van der Waals surface area contributed by atoms with Crippen molar-refractivity contribution in [1.82, 2.24) is 5.01 Å². The highest BCUT2D eigenvalue weighted by atomic mass is 35.5. The smallest absolute Gasteiger partial charge is 0.341 e. The number of rotatable bonds is 9. The van der Waals surface area contributed by atoms with Crippen molar-refractivity contribution in [3.8, 4) is 11.5 Å². The monoisotopic (exact) mass is 511 g/mol. The lowest BCUT2D eigenvalue weighted by atomic mass is 10.0. The summed E-state index contributed by atoms with van der Waals surface area (Å²) in [5, 5.41) is 17.1. The Morgan fingerprint density at radius 1 is 1.28 bits per heavy atom. The summed E-state index contributed by atoms with van der Waals surface area (Å²) in [5.41, 5.74) is 0.163. The molecule has 2 unspecified atom stereocenters. The molecule has 2 atom stereocenters. The summed E-state index contributed by atoms with van der Waals surface area (Å²) in [4.78, 5) is 26.7. The minimum atomic E-state index is -1.87. The zero-order valence-electron chi connectivity index (χ0n) is 19.9. The van der Waals surface area contributed by atoms with E-state index < -0.39 is 11.6 Å². The van der Waals surface area contributed by atoms with Gasteiger partial charge in [-0.05, 0) is 42.8 Å². The third kappa shape index (κ3) is 5.22. The van der Waals surface area contributed by atoms with Gasteiger partial charge in [-0.2, -0.15) is 5.10 Å². The van der Waals surface area contributed by atoms with Crippen LogP contribution in [0.4, 0.5) is 5.69 Å². The summed E-state index contributed by atoms with van der Waals surface area (Å²) >= 11 is 5.99. The number of hydrogen-bond donors (Lipinski definition) is 1. The Balaban J connectivity index is 1.49. The largest absolute Gasteiger partial charge is 0.493 e. The fraction of sp³-hybridized carbons (Fsp3) is 0.269. The number of methoxy groups -OCH3 is 1. The number of hydrogen-bond acceptors (Lipinski definition) is 8. The van der Waals surface area contributed by atoms with Crippen LogP contribution in [0, 0.1) is 0 Å². The Hall–Kier alpha value is -3.82. The third-order valence-electron chi connectivity index (χ3n) is 5.76. The molecule has 0 radical (unpaired) electrons. The van der Waals surface area contributed by atoms with Gasteiger partial charge in [0, 0.05) is 17.0 Å². The average Bonchev–Trinajstić information content (AvgIpc) is 3.32. The number of hydrazone groups is 1. The molecule has 0 bridgehead atoms. The van der Waals surface area contributed by atoms with Gasteiger partial charge < -0.3 is 19.3 Å². The number of halogens is 1. The minimum absolute atomic E-state index is 0.00888. The molecule has 4 rings (SSSR count). The summed E-state index contributed by atoms with van der Waals surface area (Å²) in [6.07, 6.45) is 4.76. The first-order valence-electron chi connectivity index (χ1n) is 11.2. The Morgan fingerprint density at radius 3 is 2.72 bits per heavy atom. The second kappa shape index (κ2) is 10.4. The van der Waals surface area contributed by atoms with Crippen molar-refractivity contribution in [2.45, 2.75) is 18.4 Å². The highest BCUT2D eigenvalue weighted by Crippen LogP contribution is 2.36. The van der Waals surface area contributed by atoms with Crippen LogP contribution < -0.4 is 14.4 Å². The van der Waals surface area contributed by atoms with Crippen LogP contribution >= 0.6 is 11.6 Å². The Kier molecular flexibility index (Phi) is 7.32. The Labute approximate surface area is 213 Å². The standard InChI is InChI=1S/C26H26ClN3O6/c1-4-11-35-25(32)26(2,33)15-36-22-10-9-20(13-23(22)34-3)29-16-28-30-14-18(12-21(30)24(29)31)17-5-7-19(27)8-6-17/h4-10,12-13,16,18,33H,1,11,14-15H2,2-3H3. The van der Waals surface area contributed by atoms with Gasteiger partial charge in [0.05, 0.1) is 19.3 Å². The Bertz CT molecular complexity index is 1220. The number of carbonyl (C=O) groups excluding carboxylic acids is 2. The fourth-order valence-corrected chi connectivity index (χ4v) is 3.91. The zero-order valence-corrected chi connectivity index (χ0v) is 20.6. The van der Waals surface area contributed by atoms with E-state index in [9.17, 15) is 14.7 Å². The van der Waals surface area contributed by atoms with Crippen LogP contribution in [0.2, 0.25) is 5.02 Å². The lowest BCUT2D eigenvalue weighted by Crippen LogP contribution is -2.42.